The van der Waals surface area contributed by atoms with Crippen molar-refractivity contribution in [2.24, 2.45) is 0 Å². The molecule has 0 aliphatic heterocycles. The highest BCUT2D eigenvalue weighted by atomic mass is 35.5. The summed E-state index contributed by atoms with van der Waals surface area (Å²) >= 11 is 7.89. The fourth-order valence-electron chi connectivity index (χ4n) is 2.56. The van der Waals surface area contributed by atoms with Gasteiger partial charge in [0.1, 0.15) is 5.75 Å². The summed E-state index contributed by atoms with van der Waals surface area (Å²) in [5, 5.41) is 2.58. The van der Waals surface area contributed by atoms with Crippen molar-refractivity contribution in [3.8, 4) is 5.75 Å². The molecule has 0 saturated heterocycles. The molecule has 4 nitrogen and oxygen atoms in total. The minimum atomic E-state index is 0.566. The van der Waals surface area contributed by atoms with Gasteiger partial charge in [-0.25, -0.2) is 4.98 Å². The van der Waals surface area contributed by atoms with Crippen molar-refractivity contribution >= 4 is 27.9 Å². The van der Waals surface area contributed by atoms with Crippen molar-refractivity contribution in [1.29, 1.82) is 0 Å². The standard InChI is InChI=1S/C17H18ClN3OS/c1-3-7-20(11-13-5-4-6-14(10-13)22-2)12-15-16(18)19-17-21(15)8-9-23-17/h3-6,8-10H,1,7,11-12H2,2H3. The highest BCUT2D eigenvalue weighted by molar-refractivity contribution is 7.15. The first-order valence-corrected chi connectivity index (χ1v) is 8.53. The number of thiazole rings is 1. The fourth-order valence-corrected chi connectivity index (χ4v) is 3.57. The first-order valence-electron chi connectivity index (χ1n) is 7.27. The van der Waals surface area contributed by atoms with Crippen LogP contribution in [0.15, 0.2) is 48.5 Å². The van der Waals surface area contributed by atoms with E-state index in [2.05, 4.69) is 26.9 Å². The Morgan fingerprint density at radius 1 is 1.43 bits per heavy atom. The largest absolute Gasteiger partial charge is 0.497 e. The fraction of sp³-hybridized carbons (Fsp3) is 0.235. The molecule has 0 atom stereocenters. The Kier molecular flexibility index (Phi) is 5.00. The number of methoxy groups -OCH3 is 1. The summed E-state index contributed by atoms with van der Waals surface area (Å²) in [7, 11) is 1.68. The molecule has 0 aliphatic rings. The summed E-state index contributed by atoms with van der Waals surface area (Å²) in [6.45, 7) is 6.13. The lowest BCUT2D eigenvalue weighted by molar-refractivity contribution is 0.281. The first kappa shape index (κ1) is 16.1. The van der Waals surface area contributed by atoms with E-state index in [1.807, 2.05) is 35.9 Å². The lowest BCUT2D eigenvalue weighted by Gasteiger charge is -2.21. The summed E-state index contributed by atoms with van der Waals surface area (Å²) in [5.41, 5.74) is 2.20. The van der Waals surface area contributed by atoms with Gasteiger partial charge in [0.25, 0.3) is 0 Å². The van der Waals surface area contributed by atoms with E-state index in [1.165, 1.54) is 5.56 Å². The topological polar surface area (TPSA) is 29.8 Å². The average molecular weight is 348 g/mol. The Balaban J connectivity index is 1.82. The highest BCUT2D eigenvalue weighted by Crippen LogP contribution is 2.23. The van der Waals surface area contributed by atoms with Crippen molar-refractivity contribution in [3.63, 3.8) is 0 Å². The Hall–Kier alpha value is -1.82. The zero-order valence-corrected chi connectivity index (χ0v) is 14.5. The third-order valence-corrected chi connectivity index (χ3v) is 4.67. The van der Waals surface area contributed by atoms with Crippen LogP contribution in [0.2, 0.25) is 5.15 Å². The molecule has 0 fully saturated rings. The SMILES string of the molecule is C=CCN(Cc1cccc(OC)c1)Cc1c(Cl)nc2sccn12. The van der Waals surface area contributed by atoms with E-state index in [9.17, 15) is 0 Å². The Morgan fingerprint density at radius 2 is 2.30 bits per heavy atom. The van der Waals surface area contributed by atoms with Crippen LogP contribution in [0.25, 0.3) is 4.96 Å². The lowest BCUT2D eigenvalue weighted by Crippen LogP contribution is -2.23. The number of halogens is 1. The predicted octanol–water partition coefficient (Wildman–Crippen LogP) is 4.25. The maximum absolute atomic E-state index is 6.31. The van der Waals surface area contributed by atoms with Crippen LogP contribution >= 0.6 is 22.9 Å². The van der Waals surface area contributed by atoms with Gasteiger partial charge in [0.05, 0.1) is 12.8 Å². The number of aromatic nitrogens is 2. The molecule has 3 rings (SSSR count). The van der Waals surface area contributed by atoms with Gasteiger partial charge in [-0.2, -0.15) is 0 Å². The smallest absolute Gasteiger partial charge is 0.195 e. The molecular formula is C17H18ClN3OS. The molecule has 3 aromatic rings. The molecule has 0 bridgehead atoms. The molecule has 2 heterocycles. The van der Waals surface area contributed by atoms with Crippen molar-refractivity contribution in [3.05, 3.63) is 64.9 Å². The minimum absolute atomic E-state index is 0.566. The van der Waals surface area contributed by atoms with Crippen LogP contribution in [0.1, 0.15) is 11.3 Å². The van der Waals surface area contributed by atoms with Crippen molar-refractivity contribution in [2.75, 3.05) is 13.7 Å². The van der Waals surface area contributed by atoms with Gasteiger partial charge in [0, 0.05) is 31.2 Å². The number of benzene rings is 1. The van der Waals surface area contributed by atoms with Crippen molar-refractivity contribution in [2.45, 2.75) is 13.1 Å². The van der Waals surface area contributed by atoms with Gasteiger partial charge >= 0.3 is 0 Å². The van der Waals surface area contributed by atoms with Crippen LogP contribution in [0.5, 0.6) is 5.75 Å². The maximum atomic E-state index is 6.31. The van der Waals surface area contributed by atoms with Crippen LogP contribution in [0.3, 0.4) is 0 Å². The molecule has 0 aliphatic carbocycles. The summed E-state index contributed by atoms with van der Waals surface area (Å²) < 4.78 is 7.35. The van der Waals surface area contributed by atoms with Gasteiger partial charge in [-0.1, -0.05) is 29.8 Å². The van der Waals surface area contributed by atoms with Crippen molar-refractivity contribution < 1.29 is 4.74 Å². The Morgan fingerprint density at radius 3 is 3.09 bits per heavy atom. The monoisotopic (exact) mass is 347 g/mol. The summed E-state index contributed by atoms with van der Waals surface area (Å²) in [6, 6.07) is 8.10. The number of imidazole rings is 1. The van der Waals surface area contributed by atoms with Gasteiger partial charge in [0.2, 0.25) is 0 Å². The number of ether oxygens (including phenoxy) is 1. The molecule has 0 N–H and O–H groups in total. The van der Waals surface area contributed by atoms with E-state index in [-0.39, 0.29) is 0 Å². The number of nitrogens with zero attached hydrogens (tertiary/aromatic N) is 3. The van der Waals surface area contributed by atoms with Gasteiger partial charge in [-0.05, 0) is 17.7 Å². The zero-order chi connectivity index (χ0) is 16.2. The van der Waals surface area contributed by atoms with Gasteiger partial charge in [-0.3, -0.25) is 9.30 Å². The minimum Gasteiger partial charge on any atom is -0.497 e. The molecular weight excluding hydrogens is 330 g/mol. The second-order valence-electron chi connectivity index (χ2n) is 5.21. The third-order valence-electron chi connectivity index (χ3n) is 3.61. The van der Waals surface area contributed by atoms with E-state index >= 15 is 0 Å². The van der Waals surface area contributed by atoms with Crippen LogP contribution in [0, 0.1) is 0 Å². The molecule has 0 spiro atoms. The number of hydrogen-bond acceptors (Lipinski definition) is 4. The van der Waals surface area contributed by atoms with Crippen LogP contribution in [-0.2, 0) is 13.1 Å². The molecule has 0 saturated carbocycles. The molecule has 0 radical (unpaired) electrons. The van der Waals surface area contributed by atoms with E-state index in [1.54, 1.807) is 18.4 Å². The second kappa shape index (κ2) is 7.17. The molecule has 6 heteroatoms. The zero-order valence-electron chi connectivity index (χ0n) is 12.9. The normalized spacial score (nSPS) is 11.3. The van der Waals surface area contributed by atoms with E-state index in [0.717, 1.165) is 29.5 Å². The van der Waals surface area contributed by atoms with Gasteiger partial charge in [-0.15, -0.1) is 17.9 Å². The second-order valence-corrected chi connectivity index (χ2v) is 6.45. The van der Waals surface area contributed by atoms with Gasteiger partial charge < -0.3 is 4.74 Å². The highest BCUT2D eigenvalue weighted by Gasteiger charge is 2.15. The molecule has 1 aromatic carbocycles. The molecule has 0 amide bonds. The molecule has 0 unspecified atom stereocenters. The van der Waals surface area contributed by atoms with E-state index < -0.39 is 0 Å². The summed E-state index contributed by atoms with van der Waals surface area (Å²) in [5.74, 6) is 0.865. The van der Waals surface area contributed by atoms with Crippen molar-refractivity contribution in [1.82, 2.24) is 14.3 Å². The summed E-state index contributed by atoms with van der Waals surface area (Å²) in [6.07, 6.45) is 3.91. The molecule has 23 heavy (non-hydrogen) atoms. The average Bonchev–Trinajstić information content (AvgIpc) is 3.10. The number of rotatable bonds is 7. The Labute approximate surface area is 144 Å². The lowest BCUT2D eigenvalue weighted by atomic mass is 10.2. The number of fused-ring (bicyclic) bond motifs is 1. The number of hydrogen-bond donors (Lipinski definition) is 0. The first-order chi connectivity index (χ1) is 11.2. The van der Waals surface area contributed by atoms with Gasteiger partial charge in [0.15, 0.2) is 10.1 Å². The van der Waals surface area contributed by atoms with E-state index in [0.29, 0.717) is 11.7 Å². The predicted molar refractivity (Wildman–Crippen MR) is 95.4 cm³/mol. The molecule has 120 valence electrons. The Bertz CT molecular complexity index is 811. The molecule has 2 aromatic heterocycles. The maximum Gasteiger partial charge on any atom is 0.195 e. The van der Waals surface area contributed by atoms with Crippen LogP contribution < -0.4 is 4.74 Å². The van der Waals surface area contributed by atoms with Crippen LogP contribution in [-0.4, -0.2) is 27.9 Å². The van der Waals surface area contributed by atoms with E-state index in [4.69, 9.17) is 16.3 Å². The summed E-state index contributed by atoms with van der Waals surface area (Å²) in [4.78, 5) is 7.59. The third kappa shape index (κ3) is 3.58. The quantitative estimate of drug-likeness (QED) is 0.598. The van der Waals surface area contributed by atoms with Crippen LogP contribution in [0.4, 0.5) is 0 Å².